The molecule has 7 heteroatoms. The van der Waals surface area contributed by atoms with Gasteiger partial charge in [-0.15, -0.1) is 24.0 Å². The SMILES string of the molecule is CN=C(NCc1ccccc1N1CCOCC1)N(C)Cc1ccc(OC)cc1.I. The van der Waals surface area contributed by atoms with Crippen LogP contribution in [0.3, 0.4) is 0 Å². The van der Waals surface area contributed by atoms with Gasteiger partial charge in [0.05, 0.1) is 20.3 Å². The third kappa shape index (κ3) is 6.50. The first kappa shape index (κ1) is 23.3. The highest BCUT2D eigenvalue weighted by atomic mass is 127. The van der Waals surface area contributed by atoms with Gasteiger partial charge in [0.2, 0.25) is 0 Å². The number of ether oxygens (including phenoxy) is 2. The number of rotatable bonds is 6. The van der Waals surface area contributed by atoms with Crippen molar-refractivity contribution in [3.8, 4) is 5.75 Å². The Morgan fingerprint density at radius 3 is 2.48 bits per heavy atom. The van der Waals surface area contributed by atoms with E-state index in [1.165, 1.54) is 16.8 Å². The zero-order valence-electron chi connectivity index (χ0n) is 17.4. The fourth-order valence-corrected chi connectivity index (χ4v) is 3.41. The maximum Gasteiger partial charge on any atom is 0.193 e. The van der Waals surface area contributed by atoms with Crippen LogP contribution in [0.1, 0.15) is 11.1 Å². The van der Waals surface area contributed by atoms with E-state index in [0.717, 1.165) is 51.1 Å². The second kappa shape index (κ2) is 11.9. The van der Waals surface area contributed by atoms with E-state index in [1.54, 1.807) is 7.11 Å². The van der Waals surface area contributed by atoms with Gasteiger partial charge in [0.15, 0.2) is 5.96 Å². The molecule has 6 nitrogen and oxygen atoms in total. The lowest BCUT2D eigenvalue weighted by atomic mass is 10.1. The van der Waals surface area contributed by atoms with Gasteiger partial charge in [0.1, 0.15) is 5.75 Å². The number of morpholine rings is 1. The van der Waals surface area contributed by atoms with E-state index in [9.17, 15) is 0 Å². The molecule has 0 atom stereocenters. The van der Waals surface area contributed by atoms with Crippen LogP contribution >= 0.6 is 24.0 Å². The van der Waals surface area contributed by atoms with Crippen LogP contribution in [0.4, 0.5) is 5.69 Å². The topological polar surface area (TPSA) is 49.3 Å². The van der Waals surface area contributed by atoms with Crippen molar-refractivity contribution in [2.75, 3.05) is 52.4 Å². The lowest BCUT2D eigenvalue weighted by molar-refractivity contribution is 0.122. The molecular weight excluding hydrogens is 479 g/mol. The fourth-order valence-electron chi connectivity index (χ4n) is 3.41. The number of nitrogens with zero attached hydrogens (tertiary/aromatic N) is 3. The molecule has 0 aromatic heterocycles. The van der Waals surface area contributed by atoms with E-state index in [2.05, 4.69) is 56.5 Å². The molecule has 1 saturated heterocycles. The van der Waals surface area contributed by atoms with Crippen molar-refractivity contribution >= 4 is 35.6 Å². The number of anilines is 1. The summed E-state index contributed by atoms with van der Waals surface area (Å²) in [7, 11) is 5.55. The quantitative estimate of drug-likeness (QED) is 0.367. The summed E-state index contributed by atoms with van der Waals surface area (Å²) >= 11 is 0. The van der Waals surface area contributed by atoms with Crippen molar-refractivity contribution in [2.24, 2.45) is 4.99 Å². The third-order valence-corrected chi connectivity index (χ3v) is 4.93. The molecule has 1 aliphatic rings. The molecule has 0 bridgehead atoms. The van der Waals surface area contributed by atoms with Crippen LogP contribution in [0, 0.1) is 0 Å². The number of nitrogens with one attached hydrogen (secondary N) is 1. The predicted octanol–water partition coefficient (Wildman–Crippen LogP) is 3.36. The lowest BCUT2D eigenvalue weighted by Crippen LogP contribution is -2.39. The number of aliphatic imine (C=N–C) groups is 1. The number of hydrogen-bond acceptors (Lipinski definition) is 4. The average molecular weight is 510 g/mol. The summed E-state index contributed by atoms with van der Waals surface area (Å²) < 4.78 is 10.7. The van der Waals surface area contributed by atoms with E-state index >= 15 is 0 Å². The molecule has 158 valence electrons. The Balaban J connectivity index is 0.00000300. The minimum atomic E-state index is 0. The average Bonchev–Trinajstić information content (AvgIpc) is 2.75. The normalized spacial score (nSPS) is 14.2. The van der Waals surface area contributed by atoms with Gasteiger partial charge in [-0.1, -0.05) is 30.3 Å². The molecule has 0 saturated carbocycles. The highest BCUT2D eigenvalue weighted by molar-refractivity contribution is 14.0. The molecule has 0 amide bonds. The van der Waals surface area contributed by atoms with Crippen molar-refractivity contribution in [1.29, 1.82) is 0 Å². The van der Waals surface area contributed by atoms with Gasteiger partial charge in [-0.25, -0.2) is 0 Å². The first-order valence-electron chi connectivity index (χ1n) is 9.66. The number of methoxy groups -OCH3 is 1. The Kier molecular flexibility index (Phi) is 9.53. The Hall–Kier alpha value is -2.00. The highest BCUT2D eigenvalue weighted by Gasteiger charge is 2.15. The van der Waals surface area contributed by atoms with E-state index < -0.39 is 0 Å². The Labute approximate surface area is 190 Å². The number of guanidine groups is 1. The van der Waals surface area contributed by atoms with Crippen molar-refractivity contribution in [3.05, 3.63) is 59.7 Å². The van der Waals surface area contributed by atoms with Gasteiger partial charge < -0.3 is 24.6 Å². The second-order valence-corrected chi connectivity index (χ2v) is 6.83. The summed E-state index contributed by atoms with van der Waals surface area (Å²) in [5.41, 5.74) is 3.75. The minimum absolute atomic E-state index is 0. The standard InChI is InChI=1S/C22H30N4O2.HI/c1-23-22(25(2)17-18-8-10-20(27-3)11-9-18)24-16-19-6-4-5-7-21(19)26-12-14-28-15-13-26;/h4-11H,12-17H2,1-3H3,(H,23,24);1H. The monoisotopic (exact) mass is 510 g/mol. The number of hydrogen-bond donors (Lipinski definition) is 1. The van der Waals surface area contributed by atoms with Crippen molar-refractivity contribution < 1.29 is 9.47 Å². The molecule has 0 unspecified atom stereocenters. The van der Waals surface area contributed by atoms with Crippen LogP contribution in [-0.4, -0.2) is 58.4 Å². The number of halogens is 1. The molecule has 1 aliphatic heterocycles. The maximum absolute atomic E-state index is 5.49. The molecule has 2 aromatic carbocycles. The Morgan fingerprint density at radius 2 is 1.83 bits per heavy atom. The fraction of sp³-hybridized carbons (Fsp3) is 0.409. The van der Waals surface area contributed by atoms with Gasteiger partial charge in [-0.05, 0) is 29.3 Å². The van der Waals surface area contributed by atoms with Crippen LogP contribution in [0.25, 0.3) is 0 Å². The third-order valence-electron chi connectivity index (χ3n) is 4.93. The van der Waals surface area contributed by atoms with Crippen molar-refractivity contribution in [1.82, 2.24) is 10.2 Å². The van der Waals surface area contributed by atoms with Crippen molar-refractivity contribution in [2.45, 2.75) is 13.1 Å². The molecule has 29 heavy (non-hydrogen) atoms. The molecule has 2 aromatic rings. The summed E-state index contributed by atoms with van der Waals surface area (Å²) in [6.07, 6.45) is 0. The van der Waals surface area contributed by atoms with Gasteiger partial charge in [0, 0.05) is 46.0 Å². The molecule has 3 rings (SSSR count). The van der Waals surface area contributed by atoms with E-state index in [0.29, 0.717) is 0 Å². The lowest BCUT2D eigenvalue weighted by Gasteiger charge is -2.31. The van der Waals surface area contributed by atoms with E-state index in [4.69, 9.17) is 9.47 Å². The molecule has 0 spiro atoms. The number of benzene rings is 2. The van der Waals surface area contributed by atoms with Gasteiger partial charge >= 0.3 is 0 Å². The zero-order valence-corrected chi connectivity index (χ0v) is 19.8. The van der Waals surface area contributed by atoms with E-state index in [-0.39, 0.29) is 24.0 Å². The summed E-state index contributed by atoms with van der Waals surface area (Å²) in [4.78, 5) is 8.97. The van der Waals surface area contributed by atoms with Crippen LogP contribution in [0.2, 0.25) is 0 Å². The predicted molar refractivity (Wildman–Crippen MR) is 130 cm³/mol. The van der Waals surface area contributed by atoms with Crippen molar-refractivity contribution in [3.63, 3.8) is 0 Å². The first-order chi connectivity index (χ1) is 13.7. The largest absolute Gasteiger partial charge is 0.497 e. The van der Waals surface area contributed by atoms with Crippen LogP contribution in [0.5, 0.6) is 5.75 Å². The van der Waals surface area contributed by atoms with Crippen LogP contribution < -0.4 is 15.0 Å². The Bertz CT molecular complexity index is 777. The molecule has 1 heterocycles. The smallest absolute Gasteiger partial charge is 0.193 e. The molecule has 0 aliphatic carbocycles. The summed E-state index contributed by atoms with van der Waals surface area (Å²) in [5, 5.41) is 3.50. The molecular formula is C22H31IN4O2. The van der Waals surface area contributed by atoms with E-state index in [1.807, 2.05) is 26.2 Å². The first-order valence-corrected chi connectivity index (χ1v) is 9.66. The summed E-state index contributed by atoms with van der Waals surface area (Å²) in [5.74, 6) is 1.74. The number of para-hydroxylation sites is 1. The van der Waals surface area contributed by atoms with Crippen LogP contribution in [-0.2, 0) is 17.8 Å². The van der Waals surface area contributed by atoms with Gasteiger partial charge in [-0.3, -0.25) is 4.99 Å². The molecule has 1 N–H and O–H groups in total. The highest BCUT2D eigenvalue weighted by Crippen LogP contribution is 2.21. The van der Waals surface area contributed by atoms with Gasteiger partial charge in [-0.2, -0.15) is 0 Å². The molecule has 0 radical (unpaired) electrons. The second-order valence-electron chi connectivity index (χ2n) is 6.83. The summed E-state index contributed by atoms with van der Waals surface area (Å²) in [6.45, 7) is 4.94. The minimum Gasteiger partial charge on any atom is -0.497 e. The maximum atomic E-state index is 5.49. The van der Waals surface area contributed by atoms with Gasteiger partial charge in [0.25, 0.3) is 0 Å². The summed E-state index contributed by atoms with van der Waals surface area (Å²) in [6, 6.07) is 16.7. The molecule has 1 fully saturated rings. The Morgan fingerprint density at radius 1 is 1.14 bits per heavy atom. The van der Waals surface area contributed by atoms with Crippen LogP contribution in [0.15, 0.2) is 53.5 Å². The zero-order chi connectivity index (χ0) is 19.8.